The fraction of sp³-hybridized carbons (Fsp3) is 0.531. The second-order valence-corrected chi connectivity index (χ2v) is 12.3. The number of benzene rings is 2. The second kappa shape index (κ2) is 12.0. The molecule has 1 fully saturated rings. The molecular formula is C32H45N2O4+. The average Bonchev–Trinajstić information content (AvgIpc) is 3.35. The van der Waals surface area contributed by atoms with E-state index in [0.29, 0.717) is 30.1 Å². The molecule has 0 saturated heterocycles. The quantitative estimate of drug-likeness (QED) is 0.232. The smallest absolute Gasteiger partial charge is 0.231 e. The van der Waals surface area contributed by atoms with Crippen molar-refractivity contribution in [1.29, 1.82) is 0 Å². The molecular weight excluding hydrogens is 476 g/mol. The van der Waals surface area contributed by atoms with Gasteiger partial charge in [0, 0.05) is 5.92 Å². The molecule has 1 unspecified atom stereocenters. The molecule has 2 aromatic carbocycles. The van der Waals surface area contributed by atoms with Crippen molar-refractivity contribution in [3.05, 3.63) is 83.6 Å². The molecule has 6 heteroatoms. The largest absolute Gasteiger partial charge is 0.488 e. The van der Waals surface area contributed by atoms with Crippen LogP contribution in [-0.2, 0) is 23.5 Å². The molecule has 206 valence electrons. The minimum absolute atomic E-state index is 0.107. The Kier molecular flexibility index (Phi) is 8.96. The van der Waals surface area contributed by atoms with Gasteiger partial charge in [-0.3, -0.25) is 0 Å². The summed E-state index contributed by atoms with van der Waals surface area (Å²) in [5.41, 5.74) is 0.579. The van der Waals surface area contributed by atoms with E-state index in [1.165, 1.54) is 6.42 Å². The van der Waals surface area contributed by atoms with E-state index in [-0.39, 0.29) is 11.5 Å². The summed E-state index contributed by atoms with van der Waals surface area (Å²) in [7, 11) is 4.32. The Morgan fingerprint density at radius 1 is 0.974 bits per heavy atom. The Labute approximate surface area is 228 Å². The van der Waals surface area contributed by atoms with Crippen molar-refractivity contribution in [3.63, 3.8) is 0 Å². The third kappa shape index (κ3) is 7.46. The van der Waals surface area contributed by atoms with E-state index >= 15 is 0 Å². The van der Waals surface area contributed by atoms with Crippen molar-refractivity contribution in [2.75, 3.05) is 27.2 Å². The Hall–Kier alpha value is -2.67. The number of quaternary nitrogens is 1. The first-order valence-electron chi connectivity index (χ1n) is 14.0. The molecule has 0 bridgehead atoms. The molecule has 1 aromatic heterocycles. The Bertz CT molecular complexity index is 1130. The van der Waals surface area contributed by atoms with Gasteiger partial charge < -0.3 is 23.5 Å². The van der Waals surface area contributed by atoms with E-state index in [1.807, 2.05) is 63.2 Å². The van der Waals surface area contributed by atoms with Crippen LogP contribution in [0.5, 0.6) is 5.75 Å². The Balaban J connectivity index is 1.34. The van der Waals surface area contributed by atoms with Crippen LogP contribution in [0.25, 0.3) is 0 Å². The summed E-state index contributed by atoms with van der Waals surface area (Å²) in [4.78, 5) is 4.62. The highest BCUT2D eigenvalue weighted by Crippen LogP contribution is 2.43. The molecule has 1 heterocycles. The lowest BCUT2D eigenvalue weighted by Crippen LogP contribution is -2.41. The first kappa shape index (κ1) is 28.3. The summed E-state index contributed by atoms with van der Waals surface area (Å²) >= 11 is 0. The third-order valence-corrected chi connectivity index (χ3v) is 7.33. The molecule has 38 heavy (non-hydrogen) atoms. The molecule has 1 saturated carbocycles. The summed E-state index contributed by atoms with van der Waals surface area (Å²) in [6.45, 7) is 8.83. The van der Waals surface area contributed by atoms with Crippen LogP contribution in [0.4, 0.5) is 0 Å². The van der Waals surface area contributed by atoms with Crippen molar-refractivity contribution in [2.24, 2.45) is 5.92 Å². The van der Waals surface area contributed by atoms with E-state index in [1.54, 1.807) is 6.20 Å². The maximum atomic E-state index is 12.1. The van der Waals surface area contributed by atoms with Gasteiger partial charge in [0.2, 0.25) is 5.89 Å². The van der Waals surface area contributed by atoms with Crippen molar-refractivity contribution >= 4 is 0 Å². The number of rotatable bonds is 11. The lowest BCUT2D eigenvalue weighted by atomic mass is 9.73. The number of nitrogens with zero attached hydrogens (tertiary/aromatic N) is 2. The molecule has 1 N–H and O–H groups in total. The van der Waals surface area contributed by atoms with Gasteiger partial charge >= 0.3 is 0 Å². The zero-order valence-electron chi connectivity index (χ0n) is 23.8. The second-order valence-electron chi connectivity index (χ2n) is 12.3. The van der Waals surface area contributed by atoms with Crippen molar-refractivity contribution < 1.29 is 23.5 Å². The van der Waals surface area contributed by atoms with Crippen LogP contribution in [0.1, 0.15) is 75.7 Å². The Morgan fingerprint density at radius 2 is 1.66 bits per heavy atom. The predicted octanol–water partition coefficient (Wildman–Crippen LogP) is 6.46. The number of hydrogen-bond acceptors (Lipinski definition) is 5. The maximum absolute atomic E-state index is 12.1. The van der Waals surface area contributed by atoms with Gasteiger partial charge in [-0.2, -0.15) is 0 Å². The van der Waals surface area contributed by atoms with E-state index < -0.39 is 5.60 Å². The number of aliphatic hydroxyl groups is 1. The van der Waals surface area contributed by atoms with Gasteiger partial charge in [-0.15, -0.1) is 0 Å². The van der Waals surface area contributed by atoms with Crippen molar-refractivity contribution in [1.82, 2.24) is 4.98 Å². The molecule has 0 aliphatic heterocycles. The zero-order valence-corrected chi connectivity index (χ0v) is 23.8. The summed E-state index contributed by atoms with van der Waals surface area (Å²) in [5, 5.41) is 12.1. The summed E-state index contributed by atoms with van der Waals surface area (Å²) < 4.78 is 18.9. The lowest BCUT2D eigenvalue weighted by molar-refractivity contribution is -0.905. The van der Waals surface area contributed by atoms with Crippen LogP contribution in [0.15, 0.2) is 65.2 Å². The third-order valence-electron chi connectivity index (χ3n) is 7.33. The normalized spacial score (nSPS) is 16.8. The van der Waals surface area contributed by atoms with Gasteiger partial charge in [0.1, 0.15) is 24.4 Å². The molecule has 1 aliphatic rings. The van der Waals surface area contributed by atoms with Gasteiger partial charge in [0.25, 0.3) is 0 Å². The van der Waals surface area contributed by atoms with E-state index in [0.717, 1.165) is 54.9 Å². The first-order valence-corrected chi connectivity index (χ1v) is 14.0. The Morgan fingerprint density at radius 3 is 2.32 bits per heavy atom. The standard InChI is InChI=1S/C32H45N2O4/c1-31(2,3)38-28-18-16-25(17-19-28)24-36-21-20-34(4,5)23-29-22-33-30(37-29)32(35,26-12-8-6-9-13-26)27-14-10-7-11-15-27/h6,8-9,12-13,16-19,22,27,35H,7,10-11,14-15,20-21,23-24H2,1-5H3/q+1. The highest BCUT2D eigenvalue weighted by atomic mass is 16.5. The predicted molar refractivity (Wildman–Crippen MR) is 150 cm³/mol. The average molecular weight is 522 g/mol. The topological polar surface area (TPSA) is 64.7 Å². The van der Waals surface area contributed by atoms with E-state index in [9.17, 15) is 5.11 Å². The van der Waals surface area contributed by atoms with Crippen LogP contribution < -0.4 is 4.74 Å². The number of oxazole rings is 1. The van der Waals surface area contributed by atoms with Gasteiger partial charge in [-0.25, -0.2) is 4.98 Å². The van der Waals surface area contributed by atoms with Crippen LogP contribution >= 0.6 is 0 Å². The molecule has 1 aliphatic carbocycles. The minimum atomic E-state index is -1.20. The highest BCUT2D eigenvalue weighted by Gasteiger charge is 2.44. The first-order chi connectivity index (χ1) is 18.1. The van der Waals surface area contributed by atoms with Gasteiger partial charge in [-0.1, -0.05) is 61.7 Å². The summed E-state index contributed by atoms with van der Waals surface area (Å²) in [6, 6.07) is 18.0. The van der Waals surface area contributed by atoms with Crippen LogP contribution in [0.2, 0.25) is 0 Å². The summed E-state index contributed by atoms with van der Waals surface area (Å²) in [5.74, 6) is 2.17. The molecule has 0 spiro atoms. The molecule has 1 atom stereocenters. The highest BCUT2D eigenvalue weighted by molar-refractivity contribution is 5.30. The summed E-state index contributed by atoms with van der Waals surface area (Å²) in [6.07, 6.45) is 7.23. The SMILES string of the molecule is CC(C)(C)Oc1ccc(COCC[N+](C)(C)Cc2cnc(C(O)(c3ccccc3)C3CCCCC3)o2)cc1. The van der Waals surface area contributed by atoms with Crippen LogP contribution in [0, 0.1) is 5.92 Å². The van der Waals surface area contributed by atoms with Gasteiger partial charge in [0.05, 0.1) is 33.5 Å². The lowest BCUT2D eigenvalue weighted by Gasteiger charge is -2.36. The van der Waals surface area contributed by atoms with Crippen molar-refractivity contribution in [3.8, 4) is 5.75 Å². The molecule has 0 amide bonds. The van der Waals surface area contributed by atoms with Crippen LogP contribution in [-0.4, -0.2) is 47.4 Å². The maximum Gasteiger partial charge on any atom is 0.231 e. The fourth-order valence-electron chi connectivity index (χ4n) is 5.31. The monoisotopic (exact) mass is 521 g/mol. The molecule has 0 radical (unpaired) electrons. The number of aromatic nitrogens is 1. The minimum Gasteiger partial charge on any atom is -0.488 e. The number of hydrogen-bond donors (Lipinski definition) is 1. The number of ether oxygens (including phenoxy) is 2. The molecule has 6 nitrogen and oxygen atoms in total. The van der Waals surface area contributed by atoms with Crippen molar-refractivity contribution in [2.45, 2.75) is 77.2 Å². The van der Waals surface area contributed by atoms with E-state index in [4.69, 9.17) is 13.9 Å². The molecule has 4 rings (SSSR count). The molecule has 3 aromatic rings. The zero-order chi connectivity index (χ0) is 27.2. The van der Waals surface area contributed by atoms with E-state index in [2.05, 4.69) is 31.2 Å². The van der Waals surface area contributed by atoms with Gasteiger partial charge in [-0.05, 0) is 56.9 Å². The van der Waals surface area contributed by atoms with Crippen LogP contribution in [0.3, 0.4) is 0 Å². The number of likely N-dealkylation sites (N-methyl/N-ethyl adjacent to an activating group) is 1. The van der Waals surface area contributed by atoms with Gasteiger partial charge in [0.15, 0.2) is 11.4 Å². The fourth-order valence-corrected chi connectivity index (χ4v) is 5.31.